The minimum atomic E-state index is -0.761. The van der Waals surface area contributed by atoms with E-state index in [9.17, 15) is 30.6 Å². The van der Waals surface area contributed by atoms with E-state index in [0.29, 0.717) is 25.7 Å². The Kier molecular flexibility index (Phi) is 10.7. The lowest BCUT2D eigenvalue weighted by molar-refractivity contribution is 0.146. The zero-order chi connectivity index (χ0) is 25.5. The minimum Gasteiger partial charge on any atom is -0.396 e. The van der Waals surface area contributed by atoms with E-state index < -0.39 is 24.4 Å². The fourth-order valence-electron chi connectivity index (χ4n) is 4.68. The van der Waals surface area contributed by atoms with Crippen molar-refractivity contribution >= 4 is 0 Å². The molecule has 2 rings (SSSR count). The summed E-state index contributed by atoms with van der Waals surface area (Å²) >= 11 is 0. The predicted octanol–water partition coefficient (Wildman–Crippen LogP) is 3.32. The molecule has 194 valence electrons. The molecule has 0 heterocycles. The van der Waals surface area contributed by atoms with Crippen LogP contribution in [0, 0.1) is 10.8 Å². The van der Waals surface area contributed by atoms with Crippen LogP contribution < -0.4 is 0 Å². The van der Waals surface area contributed by atoms with E-state index in [1.54, 1.807) is 24.3 Å². The molecule has 0 saturated carbocycles. The lowest BCUT2D eigenvalue weighted by Crippen LogP contribution is -2.25. The molecule has 4 unspecified atom stereocenters. The SMILES string of the molecule is CC(C)(CO)CCCC1=CC(O)C=C(CCC2=CC(O)C=C(CCCC(C)(C)CO)C2O)C1O. The average Bonchev–Trinajstić information content (AvgIpc) is 2.77. The van der Waals surface area contributed by atoms with Gasteiger partial charge < -0.3 is 30.6 Å². The van der Waals surface area contributed by atoms with E-state index in [2.05, 4.69) is 0 Å². The van der Waals surface area contributed by atoms with Crippen molar-refractivity contribution in [3.8, 4) is 0 Å². The quantitative estimate of drug-likeness (QED) is 0.226. The third-order valence-corrected chi connectivity index (χ3v) is 7.14. The van der Waals surface area contributed by atoms with E-state index in [1.807, 2.05) is 27.7 Å². The van der Waals surface area contributed by atoms with Crippen LogP contribution in [0.4, 0.5) is 0 Å². The van der Waals surface area contributed by atoms with Crippen LogP contribution in [-0.4, -0.2) is 68.3 Å². The van der Waals surface area contributed by atoms with E-state index >= 15 is 0 Å². The molecule has 0 saturated heterocycles. The van der Waals surface area contributed by atoms with Gasteiger partial charge in [-0.1, -0.05) is 52.0 Å². The number of hydrogen-bond acceptors (Lipinski definition) is 6. The number of hydrogen-bond donors (Lipinski definition) is 6. The highest BCUT2D eigenvalue weighted by atomic mass is 16.3. The van der Waals surface area contributed by atoms with Crippen molar-refractivity contribution in [2.24, 2.45) is 10.8 Å². The van der Waals surface area contributed by atoms with Crippen LogP contribution in [-0.2, 0) is 0 Å². The Labute approximate surface area is 205 Å². The Morgan fingerprint density at radius 3 is 1.15 bits per heavy atom. The first-order chi connectivity index (χ1) is 15.9. The zero-order valence-corrected chi connectivity index (χ0v) is 21.4. The summed E-state index contributed by atoms with van der Waals surface area (Å²) in [6.45, 7) is 8.25. The highest BCUT2D eigenvalue weighted by Gasteiger charge is 2.27. The summed E-state index contributed by atoms with van der Waals surface area (Å²) in [6, 6.07) is 0. The standard InChI is InChI=1S/C28H46O6/c1-27(2,17-29)11-5-7-19-13-23(31)15-21(25(19)33)9-10-22-16-24(32)14-20(26(22)34)8-6-12-28(3,4)18-30/h13-16,23-26,29-34H,5-12,17-18H2,1-4H3. The molecule has 0 spiro atoms. The minimum absolute atomic E-state index is 0.112. The smallest absolute Gasteiger partial charge is 0.0963 e. The Balaban J connectivity index is 1.93. The van der Waals surface area contributed by atoms with Crippen molar-refractivity contribution in [3.63, 3.8) is 0 Å². The zero-order valence-electron chi connectivity index (χ0n) is 21.4. The number of aliphatic hydroxyl groups excluding tert-OH is 6. The maximum atomic E-state index is 10.9. The van der Waals surface area contributed by atoms with Crippen LogP contribution in [0.3, 0.4) is 0 Å². The van der Waals surface area contributed by atoms with Crippen molar-refractivity contribution < 1.29 is 30.6 Å². The maximum Gasteiger partial charge on any atom is 0.0963 e. The molecule has 0 aromatic carbocycles. The molecule has 2 aliphatic carbocycles. The molecule has 0 aromatic rings. The Hall–Kier alpha value is -1.28. The highest BCUT2D eigenvalue weighted by Crippen LogP contribution is 2.33. The first-order valence-corrected chi connectivity index (χ1v) is 12.6. The molecule has 0 amide bonds. The van der Waals surface area contributed by atoms with Gasteiger partial charge in [0.15, 0.2) is 0 Å². The molecule has 34 heavy (non-hydrogen) atoms. The second-order valence-corrected chi connectivity index (χ2v) is 11.6. The van der Waals surface area contributed by atoms with E-state index in [0.717, 1.165) is 48.0 Å². The third-order valence-electron chi connectivity index (χ3n) is 7.14. The molecule has 6 N–H and O–H groups in total. The predicted molar refractivity (Wildman–Crippen MR) is 135 cm³/mol. The van der Waals surface area contributed by atoms with Crippen LogP contribution >= 0.6 is 0 Å². The van der Waals surface area contributed by atoms with Crippen molar-refractivity contribution in [1.29, 1.82) is 0 Å². The molecule has 0 bridgehead atoms. The second kappa shape index (κ2) is 12.6. The van der Waals surface area contributed by atoms with E-state index in [4.69, 9.17) is 0 Å². The van der Waals surface area contributed by atoms with Gasteiger partial charge in [0.1, 0.15) is 0 Å². The van der Waals surface area contributed by atoms with Gasteiger partial charge in [-0.15, -0.1) is 0 Å². The van der Waals surface area contributed by atoms with Gasteiger partial charge in [-0.3, -0.25) is 0 Å². The molecular formula is C28H46O6. The fraction of sp³-hybridized carbons (Fsp3) is 0.714. The molecule has 2 aliphatic rings. The molecule has 6 heteroatoms. The molecule has 0 fully saturated rings. The summed E-state index contributed by atoms with van der Waals surface area (Å²) in [5.74, 6) is 0. The topological polar surface area (TPSA) is 121 Å². The van der Waals surface area contributed by atoms with Crippen molar-refractivity contribution in [1.82, 2.24) is 0 Å². The lowest BCUT2D eigenvalue weighted by Gasteiger charge is -2.29. The molecule has 6 nitrogen and oxygen atoms in total. The summed E-state index contributed by atoms with van der Waals surface area (Å²) in [7, 11) is 0. The van der Waals surface area contributed by atoms with Crippen LogP contribution in [0.5, 0.6) is 0 Å². The van der Waals surface area contributed by atoms with E-state index in [1.165, 1.54) is 0 Å². The van der Waals surface area contributed by atoms with E-state index in [-0.39, 0.29) is 24.0 Å². The van der Waals surface area contributed by atoms with Crippen molar-refractivity contribution in [2.45, 2.75) is 103 Å². The summed E-state index contributed by atoms with van der Waals surface area (Å²) < 4.78 is 0. The number of aliphatic hydroxyl groups is 6. The number of rotatable bonds is 13. The van der Waals surface area contributed by atoms with Gasteiger partial charge in [0.05, 0.1) is 24.4 Å². The third kappa shape index (κ3) is 8.74. The molecule has 4 atom stereocenters. The summed E-state index contributed by atoms with van der Waals surface area (Å²) in [6.07, 6.45) is 9.27. The lowest BCUT2D eigenvalue weighted by atomic mass is 9.82. The van der Waals surface area contributed by atoms with Gasteiger partial charge in [-0.25, -0.2) is 0 Å². The highest BCUT2D eigenvalue weighted by molar-refractivity contribution is 5.35. The summed E-state index contributed by atoms with van der Waals surface area (Å²) in [5.41, 5.74) is 2.72. The average molecular weight is 479 g/mol. The van der Waals surface area contributed by atoms with Gasteiger partial charge in [-0.05, 0) is 84.5 Å². The van der Waals surface area contributed by atoms with Crippen LogP contribution in [0.1, 0.15) is 79.1 Å². The maximum absolute atomic E-state index is 10.9. The van der Waals surface area contributed by atoms with Gasteiger partial charge >= 0.3 is 0 Å². The second-order valence-electron chi connectivity index (χ2n) is 11.6. The van der Waals surface area contributed by atoms with Crippen LogP contribution in [0.2, 0.25) is 0 Å². The molecule has 0 radical (unpaired) electrons. The van der Waals surface area contributed by atoms with Gasteiger partial charge in [-0.2, -0.15) is 0 Å². The summed E-state index contributed by atoms with van der Waals surface area (Å²) in [5, 5.41) is 61.3. The van der Waals surface area contributed by atoms with Gasteiger partial charge in [0, 0.05) is 13.2 Å². The van der Waals surface area contributed by atoms with Crippen molar-refractivity contribution in [3.05, 3.63) is 46.6 Å². The largest absolute Gasteiger partial charge is 0.396 e. The Bertz CT molecular complexity index is 723. The summed E-state index contributed by atoms with van der Waals surface area (Å²) in [4.78, 5) is 0. The molecule has 0 aliphatic heterocycles. The van der Waals surface area contributed by atoms with Crippen molar-refractivity contribution in [2.75, 3.05) is 13.2 Å². The Morgan fingerprint density at radius 2 is 0.853 bits per heavy atom. The first-order valence-electron chi connectivity index (χ1n) is 12.6. The molecular weight excluding hydrogens is 432 g/mol. The van der Waals surface area contributed by atoms with Crippen LogP contribution in [0.25, 0.3) is 0 Å². The molecule has 0 aromatic heterocycles. The Morgan fingerprint density at radius 1 is 0.559 bits per heavy atom. The normalized spacial score (nSPS) is 26.1. The fourth-order valence-corrected chi connectivity index (χ4v) is 4.68. The van der Waals surface area contributed by atoms with Gasteiger partial charge in [0.25, 0.3) is 0 Å². The van der Waals surface area contributed by atoms with Gasteiger partial charge in [0.2, 0.25) is 0 Å². The first kappa shape index (κ1) is 29.0. The monoisotopic (exact) mass is 478 g/mol. The van der Waals surface area contributed by atoms with Crippen LogP contribution in [0.15, 0.2) is 46.6 Å².